The molecule has 3 aromatic heterocycles. The molecule has 0 bridgehead atoms. The Bertz CT molecular complexity index is 1480. The molecule has 0 spiro atoms. The van der Waals surface area contributed by atoms with Crippen LogP contribution in [-0.2, 0) is 17.9 Å². The van der Waals surface area contributed by atoms with E-state index >= 15 is 0 Å². The largest absolute Gasteiger partial charge is 0.375 e. The van der Waals surface area contributed by atoms with Crippen LogP contribution in [-0.4, -0.2) is 57.1 Å². The highest BCUT2D eigenvalue weighted by Crippen LogP contribution is 2.27. The van der Waals surface area contributed by atoms with E-state index in [1.807, 2.05) is 82.0 Å². The van der Waals surface area contributed by atoms with Gasteiger partial charge >= 0.3 is 0 Å². The lowest BCUT2D eigenvalue weighted by Crippen LogP contribution is -2.27. The molecule has 0 fully saturated rings. The van der Waals surface area contributed by atoms with Crippen molar-refractivity contribution in [3.63, 3.8) is 0 Å². The van der Waals surface area contributed by atoms with E-state index in [0.29, 0.717) is 23.5 Å². The summed E-state index contributed by atoms with van der Waals surface area (Å²) in [5, 5.41) is 10.9. The number of aromatic nitrogens is 4. The maximum absolute atomic E-state index is 13.7. The van der Waals surface area contributed by atoms with Gasteiger partial charge in [-0.05, 0) is 58.0 Å². The van der Waals surface area contributed by atoms with Crippen molar-refractivity contribution in [2.45, 2.75) is 40.8 Å². The molecular formula is C28H33N7O2. The molecule has 4 rings (SSSR count). The molecule has 0 aliphatic heterocycles. The highest BCUT2D eigenvalue weighted by molar-refractivity contribution is 6.07. The lowest BCUT2D eigenvalue weighted by Gasteiger charge is -2.19. The fourth-order valence-electron chi connectivity index (χ4n) is 4.29. The van der Waals surface area contributed by atoms with Gasteiger partial charge in [0.2, 0.25) is 5.91 Å². The van der Waals surface area contributed by atoms with Gasteiger partial charge in [-0.25, -0.2) is 9.97 Å². The van der Waals surface area contributed by atoms with Crippen LogP contribution in [0.25, 0.3) is 22.3 Å². The van der Waals surface area contributed by atoms with Gasteiger partial charge in [0, 0.05) is 43.8 Å². The number of likely N-dealkylation sites (N-methyl/N-ethyl adjacent to an activating group) is 1. The van der Waals surface area contributed by atoms with Gasteiger partial charge in [-0.3, -0.25) is 14.3 Å². The summed E-state index contributed by atoms with van der Waals surface area (Å²) < 4.78 is 1.93. The molecule has 37 heavy (non-hydrogen) atoms. The van der Waals surface area contributed by atoms with Gasteiger partial charge in [0.15, 0.2) is 0 Å². The third-order valence-corrected chi connectivity index (χ3v) is 6.52. The van der Waals surface area contributed by atoms with Crippen LogP contribution in [0.2, 0.25) is 0 Å². The van der Waals surface area contributed by atoms with Gasteiger partial charge in [0.1, 0.15) is 0 Å². The normalized spacial score (nSPS) is 11.0. The molecule has 0 saturated heterocycles. The van der Waals surface area contributed by atoms with Crippen LogP contribution in [0.15, 0.2) is 42.6 Å². The van der Waals surface area contributed by atoms with Crippen molar-refractivity contribution < 1.29 is 9.59 Å². The number of pyridine rings is 2. The predicted molar refractivity (Wildman–Crippen MR) is 145 cm³/mol. The molecule has 0 radical (unpaired) electrons. The topological polar surface area (TPSA) is 105 Å². The Labute approximate surface area is 216 Å². The SMILES string of the molecule is CCn1ncc(CN(C)C(=O)c2cc(-c3ccc(NCC(=O)NC)c(C)n3)nc3ccc(C)cc23)c1C. The molecule has 0 unspecified atom stereocenters. The molecule has 9 nitrogen and oxygen atoms in total. The van der Waals surface area contributed by atoms with E-state index in [0.717, 1.165) is 45.6 Å². The Balaban J connectivity index is 1.70. The molecule has 2 N–H and O–H groups in total. The fraction of sp³-hybridized carbons (Fsp3) is 0.321. The lowest BCUT2D eigenvalue weighted by atomic mass is 10.0. The molecule has 9 heteroatoms. The Hall–Kier alpha value is -4.27. The van der Waals surface area contributed by atoms with E-state index in [9.17, 15) is 9.59 Å². The van der Waals surface area contributed by atoms with Crippen LogP contribution in [0.5, 0.6) is 0 Å². The second-order valence-corrected chi connectivity index (χ2v) is 9.16. The molecule has 0 aliphatic rings. The number of aryl methyl sites for hydroxylation is 3. The summed E-state index contributed by atoms with van der Waals surface area (Å²) in [6.45, 7) is 9.35. The molecule has 192 valence electrons. The first kappa shape index (κ1) is 25.8. The minimum atomic E-state index is -0.112. The van der Waals surface area contributed by atoms with Gasteiger partial charge in [-0.15, -0.1) is 0 Å². The number of amides is 2. The first-order chi connectivity index (χ1) is 17.7. The molecule has 0 saturated carbocycles. The van der Waals surface area contributed by atoms with E-state index < -0.39 is 0 Å². The molecule has 4 aromatic rings. The van der Waals surface area contributed by atoms with Crippen LogP contribution in [0.1, 0.15) is 39.8 Å². The Morgan fingerprint density at radius 3 is 2.49 bits per heavy atom. The number of rotatable bonds is 8. The number of carbonyl (C=O) groups is 2. The Kier molecular flexibility index (Phi) is 7.52. The monoisotopic (exact) mass is 499 g/mol. The number of nitrogens with zero attached hydrogens (tertiary/aromatic N) is 5. The van der Waals surface area contributed by atoms with Crippen molar-refractivity contribution in [2.24, 2.45) is 0 Å². The van der Waals surface area contributed by atoms with Crippen LogP contribution in [0.3, 0.4) is 0 Å². The summed E-state index contributed by atoms with van der Waals surface area (Å²) in [6, 6.07) is 11.5. The Morgan fingerprint density at radius 2 is 1.81 bits per heavy atom. The summed E-state index contributed by atoms with van der Waals surface area (Å²) in [7, 11) is 3.41. The average Bonchev–Trinajstić information content (AvgIpc) is 3.25. The maximum Gasteiger partial charge on any atom is 0.254 e. The predicted octanol–water partition coefficient (Wildman–Crippen LogP) is 3.87. The molecule has 2 amide bonds. The van der Waals surface area contributed by atoms with Gasteiger partial charge in [0.25, 0.3) is 5.91 Å². The fourth-order valence-corrected chi connectivity index (χ4v) is 4.29. The van der Waals surface area contributed by atoms with E-state index in [1.54, 1.807) is 11.9 Å². The number of fused-ring (bicyclic) bond motifs is 1. The van der Waals surface area contributed by atoms with Crippen molar-refractivity contribution >= 4 is 28.4 Å². The van der Waals surface area contributed by atoms with Crippen molar-refractivity contribution in [3.8, 4) is 11.4 Å². The van der Waals surface area contributed by atoms with Crippen LogP contribution >= 0.6 is 0 Å². The molecule has 1 aromatic carbocycles. The maximum atomic E-state index is 13.7. The standard InChI is InChI=1S/C28H33N7O2/c1-7-35-19(4)20(14-31-35)16-34(6)28(37)22-13-26(33-24-9-8-17(2)12-21(22)24)25-11-10-23(18(3)32-25)30-15-27(36)29-5/h8-14,30H,7,15-16H2,1-6H3,(H,29,36). The lowest BCUT2D eigenvalue weighted by molar-refractivity contribution is -0.118. The Morgan fingerprint density at radius 1 is 1.03 bits per heavy atom. The number of anilines is 1. The molecule has 0 aliphatic carbocycles. The second-order valence-electron chi connectivity index (χ2n) is 9.16. The van der Waals surface area contributed by atoms with Crippen molar-refractivity contribution in [3.05, 3.63) is 70.7 Å². The summed E-state index contributed by atoms with van der Waals surface area (Å²) in [5.74, 6) is -0.206. The van der Waals surface area contributed by atoms with E-state index in [4.69, 9.17) is 9.97 Å². The van der Waals surface area contributed by atoms with Crippen LogP contribution in [0.4, 0.5) is 5.69 Å². The van der Waals surface area contributed by atoms with E-state index in [2.05, 4.69) is 15.7 Å². The van der Waals surface area contributed by atoms with Gasteiger partial charge in [0.05, 0.1) is 46.6 Å². The quantitative estimate of drug-likeness (QED) is 0.381. The van der Waals surface area contributed by atoms with Crippen molar-refractivity contribution in [1.82, 2.24) is 30.0 Å². The highest BCUT2D eigenvalue weighted by Gasteiger charge is 2.20. The number of nitrogens with one attached hydrogen (secondary N) is 2. The zero-order valence-corrected chi connectivity index (χ0v) is 22.2. The first-order valence-corrected chi connectivity index (χ1v) is 12.3. The van der Waals surface area contributed by atoms with Crippen LogP contribution in [0, 0.1) is 20.8 Å². The number of hydrogen-bond donors (Lipinski definition) is 2. The average molecular weight is 500 g/mol. The molecule has 3 heterocycles. The van der Waals surface area contributed by atoms with Gasteiger partial charge < -0.3 is 15.5 Å². The number of carbonyl (C=O) groups excluding carboxylic acids is 2. The van der Waals surface area contributed by atoms with Crippen LogP contribution < -0.4 is 10.6 Å². The molecule has 0 atom stereocenters. The zero-order valence-electron chi connectivity index (χ0n) is 22.2. The summed E-state index contributed by atoms with van der Waals surface area (Å²) >= 11 is 0. The number of hydrogen-bond acceptors (Lipinski definition) is 6. The number of benzene rings is 1. The van der Waals surface area contributed by atoms with E-state index in [-0.39, 0.29) is 18.4 Å². The smallest absolute Gasteiger partial charge is 0.254 e. The summed E-state index contributed by atoms with van der Waals surface area (Å²) in [4.78, 5) is 36.6. The van der Waals surface area contributed by atoms with Crippen molar-refractivity contribution in [2.75, 3.05) is 26.0 Å². The summed E-state index contributed by atoms with van der Waals surface area (Å²) in [6.07, 6.45) is 1.83. The summed E-state index contributed by atoms with van der Waals surface area (Å²) in [5.41, 5.74) is 7.21. The van der Waals surface area contributed by atoms with Gasteiger partial charge in [-0.1, -0.05) is 11.6 Å². The third-order valence-electron chi connectivity index (χ3n) is 6.52. The minimum Gasteiger partial charge on any atom is -0.375 e. The minimum absolute atomic E-state index is 0.0940. The third kappa shape index (κ3) is 5.45. The second kappa shape index (κ2) is 10.8. The van der Waals surface area contributed by atoms with Crippen molar-refractivity contribution in [1.29, 1.82) is 0 Å². The van der Waals surface area contributed by atoms with Gasteiger partial charge in [-0.2, -0.15) is 5.10 Å². The van der Waals surface area contributed by atoms with E-state index in [1.165, 1.54) is 0 Å². The zero-order chi connectivity index (χ0) is 26.7. The molecular weight excluding hydrogens is 466 g/mol. The highest BCUT2D eigenvalue weighted by atomic mass is 16.2. The first-order valence-electron chi connectivity index (χ1n) is 12.3.